The van der Waals surface area contributed by atoms with Crippen molar-refractivity contribution < 1.29 is 18.7 Å². The van der Waals surface area contributed by atoms with Crippen molar-refractivity contribution in [2.45, 2.75) is 50.7 Å². The summed E-state index contributed by atoms with van der Waals surface area (Å²) in [5.74, 6) is 1.19. The van der Waals surface area contributed by atoms with Crippen LogP contribution in [-0.2, 0) is 24.8 Å². The lowest BCUT2D eigenvalue weighted by Gasteiger charge is -2.27. The third-order valence-corrected chi connectivity index (χ3v) is 10.1. The van der Waals surface area contributed by atoms with Crippen LogP contribution in [0.5, 0.6) is 5.75 Å². The van der Waals surface area contributed by atoms with Crippen molar-refractivity contribution >= 4 is 33.9 Å². The molecule has 0 radical (unpaired) electrons. The largest absolute Gasteiger partial charge is 0.494 e. The Morgan fingerprint density at radius 2 is 1.87 bits per heavy atom. The van der Waals surface area contributed by atoms with E-state index in [2.05, 4.69) is 10.6 Å². The van der Waals surface area contributed by atoms with Crippen LogP contribution < -0.4 is 16.2 Å². The number of amides is 2. The first-order chi connectivity index (χ1) is 22.2. The first-order valence-corrected chi connectivity index (χ1v) is 15.9. The van der Waals surface area contributed by atoms with Crippen LogP contribution >= 0.6 is 0 Å². The lowest BCUT2D eigenvalue weighted by molar-refractivity contribution is -0.117. The fraction of sp³-hybridized carbons (Fsp3) is 0.371. The van der Waals surface area contributed by atoms with Crippen molar-refractivity contribution in [3.05, 3.63) is 65.5 Å². The zero-order chi connectivity index (χ0) is 31.9. The monoisotopic (exact) mass is 621 g/mol. The van der Waals surface area contributed by atoms with Crippen LogP contribution in [0.15, 0.2) is 48.5 Å². The number of hydrogen-bond acceptors (Lipinski definition) is 6. The van der Waals surface area contributed by atoms with E-state index in [4.69, 9.17) is 26.2 Å². The van der Waals surface area contributed by atoms with Crippen LogP contribution in [0.4, 0.5) is 4.39 Å². The average Bonchev–Trinajstić information content (AvgIpc) is 3.44. The Hall–Kier alpha value is -4.77. The molecule has 46 heavy (non-hydrogen) atoms. The maximum Gasteiger partial charge on any atom is 0.254 e. The molecular formula is C35H36FN7O3. The highest BCUT2D eigenvalue weighted by molar-refractivity contribution is 6.00. The number of nitrogens with two attached hydrogens (primary N) is 2. The number of carbonyl (C=O) groups is 2. The van der Waals surface area contributed by atoms with Crippen molar-refractivity contribution in [3.8, 4) is 28.5 Å². The standard InChI is InChI=1S/C35H36FN7O3/c1-41-32-26(13-22(15-29(32)46-2)35(45)43-17-21-7-10-27(43)31(21)38)40-34(41)28-14-20-6-9-25(39-33(20)42(28)16-18-3-4-18)23-8-5-19(11-24(23)36)12-30(37)44/h5-6,8-9,11,13-15,18,21,27,31H,3-4,7,10,12,16-17,38H2,1-2H3,(H2,37,44). The Labute approximate surface area is 265 Å². The molecule has 2 bridgehead atoms. The SMILES string of the molecule is COc1cc(C(=O)N2CC3CCC2C3N)cc2nc(-c3cc4ccc(-c5ccc(CC(N)=O)cc5F)nc4n3CC3CC3)n(C)c12. The molecule has 3 aromatic heterocycles. The Morgan fingerprint density at radius 3 is 2.54 bits per heavy atom. The molecule has 8 rings (SSSR count). The summed E-state index contributed by atoms with van der Waals surface area (Å²) < 4.78 is 25.2. The van der Waals surface area contributed by atoms with Gasteiger partial charge >= 0.3 is 0 Å². The van der Waals surface area contributed by atoms with Crippen LogP contribution in [-0.4, -0.2) is 61.6 Å². The fourth-order valence-electron chi connectivity index (χ4n) is 7.55. The maximum absolute atomic E-state index is 15.2. The molecule has 2 aliphatic carbocycles. The van der Waals surface area contributed by atoms with Crippen molar-refractivity contribution in [1.82, 2.24) is 24.0 Å². The van der Waals surface area contributed by atoms with Gasteiger partial charge in [-0.1, -0.05) is 6.07 Å². The summed E-state index contributed by atoms with van der Waals surface area (Å²) in [6.07, 6.45) is 4.27. The highest BCUT2D eigenvalue weighted by Gasteiger charge is 2.47. The lowest BCUT2D eigenvalue weighted by Crippen LogP contribution is -2.41. The van der Waals surface area contributed by atoms with Gasteiger partial charge in [0.1, 0.15) is 22.7 Å². The average molecular weight is 622 g/mol. The molecule has 4 N–H and O–H groups in total. The highest BCUT2D eigenvalue weighted by Crippen LogP contribution is 2.40. The molecule has 3 aliphatic rings. The molecule has 5 aromatic rings. The Kier molecular flexibility index (Phi) is 6.64. The number of aromatic nitrogens is 4. The molecule has 0 spiro atoms. The number of primary amides is 1. The number of halogens is 1. The Balaban J connectivity index is 1.21. The van der Waals surface area contributed by atoms with Crippen LogP contribution in [0.25, 0.3) is 44.8 Å². The number of piperidine rings is 1. The molecule has 11 heteroatoms. The summed E-state index contributed by atoms with van der Waals surface area (Å²) in [5.41, 5.74) is 16.7. The molecule has 2 amide bonds. The molecule has 1 aliphatic heterocycles. The second kappa shape index (κ2) is 10.7. The van der Waals surface area contributed by atoms with Gasteiger partial charge in [-0.05, 0) is 85.5 Å². The highest BCUT2D eigenvalue weighted by atomic mass is 19.1. The second-order valence-corrected chi connectivity index (χ2v) is 13.1. The predicted molar refractivity (Wildman–Crippen MR) is 173 cm³/mol. The number of imidazole rings is 1. The Bertz CT molecular complexity index is 2060. The van der Waals surface area contributed by atoms with Crippen LogP contribution in [0.2, 0.25) is 0 Å². The smallest absolute Gasteiger partial charge is 0.254 e. The summed E-state index contributed by atoms with van der Waals surface area (Å²) in [7, 11) is 3.56. The van der Waals surface area contributed by atoms with E-state index in [-0.39, 0.29) is 24.4 Å². The normalized spacial score (nSPS) is 20.7. The Morgan fingerprint density at radius 1 is 1.04 bits per heavy atom. The number of fused-ring (bicyclic) bond motifs is 4. The van der Waals surface area contributed by atoms with Crippen LogP contribution in [0, 0.1) is 17.7 Å². The third kappa shape index (κ3) is 4.63. The third-order valence-electron chi connectivity index (χ3n) is 10.1. The van der Waals surface area contributed by atoms with E-state index in [9.17, 15) is 9.59 Å². The number of likely N-dealkylation sites (tertiary alicyclic amines) is 1. The minimum absolute atomic E-state index is 0.0247. The van der Waals surface area contributed by atoms with E-state index in [1.54, 1.807) is 19.2 Å². The fourth-order valence-corrected chi connectivity index (χ4v) is 7.55. The molecular weight excluding hydrogens is 585 g/mol. The predicted octanol–water partition coefficient (Wildman–Crippen LogP) is 4.40. The number of nitrogens with zero attached hydrogens (tertiary/aromatic N) is 5. The number of aryl methyl sites for hydroxylation is 1. The number of hydrogen-bond donors (Lipinski definition) is 2. The van der Waals surface area contributed by atoms with E-state index >= 15 is 4.39 Å². The van der Waals surface area contributed by atoms with Gasteiger partial charge in [-0.25, -0.2) is 14.4 Å². The van der Waals surface area contributed by atoms with E-state index in [0.29, 0.717) is 52.0 Å². The molecule has 2 aromatic carbocycles. The van der Waals surface area contributed by atoms with Gasteiger partial charge in [0.2, 0.25) is 5.91 Å². The molecule has 236 valence electrons. The molecule has 3 fully saturated rings. The second-order valence-electron chi connectivity index (χ2n) is 13.1. The van der Waals surface area contributed by atoms with Gasteiger partial charge in [0.05, 0.1) is 30.4 Å². The number of pyridine rings is 1. The topological polar surface area (TPSA) is 134 Å². The zero-order valence-corrected chi connectivity index (χ0v) is 25.9. The summed E-state index contributed by atoms with van der Waals surface area (Å²) in [6, 6.07) is 14.3. The molecule has 2 saturated carbocycles. The number of carbonyl (C=O) groups excluding carboxylic acids is 2. The quantitative estimate of drug-likeness (QED) is 0.264. The molecule has 4 heterocycles. The van der Waals surface area contributed by atoms with Crippen LogP contribution in [0.1, 0.15) is 41.6 Å². The molecule has 1 saturated heterocycles. The van der Waals surface area contributed by atoms with E-state index in [1.165, 1.54) is 6.07 Å². The molecule has 3 unspecified atom stereocenters. The molecule has 3 atom stereocenters. The van der Waals surface area contributed by atoms with Gasteiger partial charge in [-0.15, -0.1) is 0 Å². The van der Waals surface area contributed by atoms with Gasteiger partial charge in [-0.2, -0.15) is 0 Å². The number of benzene rings is 2. The van der Waals surface area contributed by atoms with E-state index in [0.717, 1.165) is 60.3 Å². The van der Waals surface area contributed by atoms with Gasteiger partial charge in [0.25, 0.3) is 5.91 Å². The summed E-state index contributed by atoms with van der Waals surface area (Å²) in [6.45, 7) is 1.45. The van der Waals surface area contributed by atoms with Gasteiger partial charge in [0, 0.05) is 48.7 Å². The summed E-state index contributed by atoms with van der Waals surface area (Å²) in [4.78, 5) is 37.0. The van der Waals surface area contributed by atoms with Gasteiger partial charge < -0.3 is 30.2 Å². The lowest BCUT2D eigenvalue weighted by atomic mass is 10.1. The minimum atomic E-state index is -0.511. The molecule has 10 nitrogen and oxygen atoms in total. The maximum atomic E-state index is 15.2. The van der Waals surface area contributed by atoms with Crippen molar-refractivity contribution in [3.63, 3.8) is 0 Å². The van der Waals surface area contributed by atoms with E-state index in [1.807, 2.05) is 40.8 Å². The minimum Gasteiger partial charge on any atom is -0.494 e. The van der Waals surface area contributed by atoms with Crippen molar-refractivity contribution in [1.29, 1.82) is 0 Å². The first kappa shape index (κ1) is 28.7. The van der Waals surface area contributed by atoms with E-state index < -0.39 is 11.7 Å². The number of rotatable bonds is 8. The first-order valence-electron chi connectivity index (χ1n) is 15.9. The van der Waals surface area contributed by atoms with Crippen molar-refractivity contribution in [2.75, 3.05) is 13.7 Å². The summed E-state index contributed by atoms with van der Waals surface area (Å²) in [5, 5.41) is 0.917. The van der Waals surface area contributed by atoms with Gasteiger partial charge in [0.15, 0.2) is 5.82 Å². The van der Waals surface area contributed by atoms with Crippen molar-refractivity contribution in [2.24, 2.45) is 30.4 Å². The number of methoxy groups -OCH3 is 1. The zero-order valence-electron chi connectivity index (χ0n) is 25.9. The summed E-state index contributed by atoms with van der Waals surface area (Å²) >= 11 is 0. The van der Waals surface area contributed by atoms with Gasteiger partial charge in [-0.3, -0.25) is 9.59 Å². The number of ether oxygens (including phenoxy) is 1. The van der Waals surface area contributed by atoms with Crippen LogP contribution in [0.3, 0.4) is 0 Å².